The Morgan fingerprint density at radius 2 is 1.92 bits per heavy atom. The maximum Gasteiger partial charge on any atom is 0.215 e. The van der Waals surface area contributed by atoms with Gasteiger partial charge in [-0.25, -0.2) is 22.2 Å². The van der Waals surface area contributed by atoms with Gasteiger partial charge in [0, 0.05) is 11.5 Å². The monoisotopic (exact) mass is 535 g/mol. The van der Waals surface area contributed by atoms with Crippen molar-refractivity contribution in [2.24, 2.45) is 5.41 Å². The number of nitrogens with zero attached hydrogens (tertiary/aromatic N) is 2. The van der Waals surface area contributed by atoms with Gasteiger partial charge in [-0.3, -0.25) is 0 Å². The Kier molecular flexibility index (Phi) is 6.13. The smallest absolute Gasteiger partial charge is 0.215 e. The molecule has 0 bridgehead atoms. The van der Waals surface area contributed by atoms with Gasteiger partial charge in [-0.15, -0.1) is 0 Å². The van der Waals surface area contributed by atoms with E-state index in [1.807, 2.05) is 42.1 Å². The predicted octanol–water partition coefficient (Wildman–Crippen LogP) is 5.26. The van der Waals surface area contributed by atoms with E-state index in [1.54, 1.807) is 12.1 Å². The minimum atomic E-state index is -3.30. The zero-order valence-electron chi connectivity index (χ0n) is 21.8. The summed E-state index contributed by atoms with van der Waals surface area (Å²) in [5.41, 5.74) is 4.82. The fraction of sp³-hybridized carbons (Fsp3) is 0.433. The first-order chi connectivity index (χ1) is 18.1. The van der Waals surface area contributed by atoms with Crippen LogP contribution < -0.4 is 4.72 Å². The van der Waals surface area contributed by atoms with Crippen molar-refractivity contribution in [3.05, 3.63) is 88.5 Å². The molecule has 2 aromatic carbocycles. The summed E-state index contributed by atoms with van der Waals surface area (Å²) in [6.45, 7) is 4.05. The van der Waals surface area contributed by atoms with Crippen molar-refractivity contribution < 1.29 is 17.9 Å². The first-order valence-corrected chi connectivity index (χ1v) is 15.0. The van der Waals surface area contributed by atoms with E-state index >= 15 is 0 Å². The largest absolute Gasteiger partial charge is 0.389 e. The lowest BCUT2D eigenvalue weighted by molar-refractivity contribution is -0.0462. The topological polar surface area (TPSA) is 84.2 Å². The standard InChI is InChI=1S/C30H34FN3O3S/c1-20(33-38(36,37)26-11-12-26)27-6-4-3-5-21(27)13-15-30(35)16-14-23-17-28-22(18-29(23,30)2)19-32-34(28)25-9-7-24(31)8-10-25/h3-10,17,19-20,26,33,35H,11-16,18H2,1-2H3/t20-,29-,30-/m0/s1. The average Bonchev–Trinajstić information content (AvgIpc) is 3.64. The van der Waals surface area contributed by atoms with Crippen LogP contribution in [0.1, 0.15) is 74.4 Å². The van der Waals surface area contributed by atoms with E-state index in [1.165, 1.54) is 17.7 Å². The van der Waals surface area contributed by atoms with Crippen LogP contribution in [-0.4, -0.2) is 34.2 Å². The molecular weight excluding hydrogens is 501 g/mol. The number of aryl methyl sites for hydroxylation is 1. The maximum absolute atomic E-state index is 13.5. The molecule has 1 aromatic heterocycles. The molecule has 3 aliphatic carbocycles. The first kappa shape index (κ1) is 25.5. The SMILES string of the molecule is C[C@H](NS(=O)(=O)C1CC1)c1ccccc1CC[C@]1(O)CCC2=Cc3c(cnn3-c3ccc(F)cc3)C[C@@]21C. The normalized spacial score (nSPS) is 25.5. The van der Waals surface area contributed by atoms with E-state index in [2.05, 4.69) is 22.8 Å². The summed E-state index contributed by atoms with van der Waals surface area (Å²) in [6, 6.07) is 13.9. The molecule has 8 heteroatoms. The zero-order valence-corrected chi connectivity index (χ0v) is 22.6. The highest BCUT2D eigenvalue weighted by molar-refractivity contribution is 7.90. The highest BCUT2D eigenvalue weighted by Gasteiger charge is 2.54. The number of aliphatic hydroxyl groups is 1. The second-order valence-electron chi connectivity index (χ2n) is 11.4. The number of hydrogen-bond acceptors (Lipinski definition) is 4. The summed E-state index contributed by atoms with van der Waals surface area (Å²) in [4.78, 5) is 0. The van der Waals surface area contributed by atoms with Crippen LogP contribution in [0.2, 0.25) is 0 Å². The zero-order chi connectivity index (χ0) is 26.7. The number of benzene rings is 2. The number of sulfonamides is 1. The van der Waals surface area contributed by atoms with Gasteiger partial charge in [0.1, 0.15) is 5.82 Å². The van der Waals surface area contributed by atoms with Gasteiger partial charge in [-0.1, -0.05) is 36.8 Å². The summed E-state index contributed by atoms with van der Waals surface area (Å²) in [5.74, 6) is -0.280. The van der Waals surface area contributed by atoms with Gasteiger partial charge < -0.3 is 5.11 Å². The van der Waals surface area contributed by atoms with Crippen molar-refractivity contribution in [1.29, 1.82) is 0 Å². The molecular formula is C30H34FN3O3S. The molecule has 2 fully saturated rings. The Balaban J connectivity index is 1.22. The molecule has 0 unspecified atom stereocenters. The first-order valence-electron chi connectivity index (χ1n) is 13.4. The maximum atomic E-state index is 13.5. The molecule has 200 valence electrons. The second kappa shape index (κ2) is 9.14. The van der Waals surface area contributed by atoms with E-state index in [0.717, 1.165) is 47.3 Å². The molecule has 6 rings (SSSR count). The molecule has 2 N–H and O–H groups in total. The van der Waals surface area contributed by atoms with Crippen molar-refractivity contribution >= 4 is 16.1 Å². The summed E-state index contributed by atoms with van der Waals surface area (Å²) in [5, 5.41) is 16.4. The van der Waals surface area contributed by atoms with Gasteiger partial charge in [-0.05, 0) is 98.9 Å². The number of halogens is 1. The Hall–Kier alpha value is -2.81. The lowest BCUT2D eigenvalue weighted by Crippen LogP contribution is -2.45. The molecule has 38 heavy (non-hydrogen) atoms. The van der Waals surface area contributed by atoms with Gasteiger partial charge in [0.2, 0.25) is 10.0 Å². The highest BCUT2D eigenvalue weighted by atomic mass is 32.2. The number of nitrogens with one attached hydrogen (secondary N) is 1. The van der Waals surface area contributed by atoms with Crippen LogP contribution in [0.25, 0.3) is 11.8 Å². The van der Waals surface area contributed by atoms with Crippen LogP contribution in [0.3, 0.4) is 0 Å². The summed E-state index contributed by atoms with van der Waals surface area (Å²) in [7, 11) is -3.30. The number of hydrogen-bond donors (Lipinski definition) is 2. The lowest BCUT2D eigenvalue weighted by Gasteiger charge is -2.42. The highest BCUT2D eigenvalue weighted by Crippen LogP contribution is 2.57. The summed E-state index contributed by atoms with van der Waals surface area (Å²) >= 11 is 0. The summed E-state index contributed by atoms with van der Waals surface area (Å²) in [6.07, 6.45) is 8.90. The predicted molar refractivity (Wildman–Crippen MR) is 146 cm³/mol. The Morgan fingerprint density at radius 1 is 1.18 bits per heavy atom. The van der Waals surface area contributed by atoms with Crippen molar-refractivity contribution in [3.63, 3.8) is 0 Å². The molecule has 0 spiro atoms. The van der Waals surface area contributed by atoms with E-state index in [-0.39, 0.29) is 17.1 Å². The third-order valence-corrected chi connectivity index (χ3v) is 11.0. The quantitative estimate of drug-likeness (QED) is 0.412. The third kappa shape index (κ3) is 4.32. The van der Waals surface area contributed by atoms with Crippen LogP contribution in [0.15, 0.2) is 60.3 Å². The van der Waals surface area contributed by atoms with Crippen LogP contribution in [0.4, 0.5) is 4.39 Å². The molecule has 3 atom stereocenters. The van der Waals surface area contributed by atoms with Gasteiger partial charge in [-0.2, -0.15) is 5.10 Å². The molecule has 0 amide bonds. The van der Waals surface area contributed by atoms with Crippen molar-refractivity contribution in [1.82, 2.24) is 14.5 Å². The van der Waals surface area contributed by atoms with Crippen molar-refractivity contribution in [2.45, 2.75) is 75.7 Å². The molecule has 3 aromatic rings. The average molecular weight is 536 g/mol. The fourth-order valence-electron chi connectivity index (χ4n) is 6.43. The van der Waals surface area contributed by atoms with E-state index < -0.39 is 21.0 Å². The number of aromatic nitrogens is 2. The van der Waals surface area contributed by atoms with Gasteiger partial charge >= 0.3 is 0 Å². The second-order valence-corrected chi connectivity index (χ2v) is 13.4. The molecule has 0 saturated heterocycles. The van der Waals surface area contributed by atoms with Gasteiger partial charge in [0.25, 0.3) is 0 Å². The minimum Gasteiger partial charge on any atom is -0.389 e. The number of fused-ring (bicyclic) bond motifs is 2. The molecule has 1 heterocycles. The number of rotatable bonds is 8. The Morgan fingerprint density at radius 3 is 2.66 bits per heavy atom. The molecule has 0 aliphatic heterocycles. The molecule has 6 nitrogen and oxygen atoms in total. The van der Waals surface area contributed by atoms with Crippen LogP contribution >= 0.6 is 0 Å². The van der Waals surface area contributed by atoms with E-state index in [0.29, 0.717) is 25.7 Å². The van der Waals surface area contributed by atoms with Crippen molar-refractivity contribution in [3.8, 4) is 5.69 Å². The van der Waals surface area contributed by atoms with Gasteiger partial charge in [0.15, 0.2) is 0 Å². The van der Waals surface area contributed by atoms with Crippen LogP contribution in [-0.2, 0) is 22.9 Å². The summed E-state index contributed by atoms with van der Waals surface area (Å²) < 4.78 is 43.2. The molecule has 2 saturated carbocycles. The Bertz CT molecular complexity index is 1510. The van der Waals surface area contributed by atoms with Crippen LogP contribution in [0.5, 0.6) is 0 Å². The van der Waals surface area contributed by atoms with Gasteiger partial charge in [0.05, 0.1) is 28.4 Å². The van der Waals surface area contributed by atoms with E-state index in [9.17, 15) is 17.9 Å². The minimum absolute atomic E-state index is 0.259. The van der Waals surface area contributed by atoms with Crippen molar-refractivity contribution in [2.75, 3.05) is 0 Å². The van der Waals surface area contributed by atoms with Crippen LogP contribution in [0, 0.1) is 11.2 Å². The Labute approximate surface area is 223 Å². The molecule has 3 aliphatic rings. The third-order valence-electron chi connectivity index (χ3n) is 8.99. The lowest BCUT2D eigenvalue weighted by atomic mass is 9.65. The fourth-order valence-corrected chi connectivity index (χ4v) is 8.00. The molecule has 0 radical (unpaired) electrons. The van der Waals surface area contributed by atoms with E-state index in [4.69, 9.17) is 0 Å².